The maximum absolute atomic E-state index is 13.2. The van der Waals surface area contributed by atoms with Gasteiger partial charge >= 0.3 is 5.69 Å². The van der Waals surface area contributed by atoms with Crippen LogP contribution in [0.5, 0.6) is 0 Å². The highest BCUT2D eigenvalue weighted by atomic mass is 16.4. The molecule has 29 heavy (non-hydrogen) atoms. The van der Waals surface area contributed by atoms with Gasteiger partial charge in [0.05, 0.1) is 40.5 Å². The lowest BCUT2D eigenvalue weighted by Gasteiger charge is -2.09. The van der Waals surface area contributed by atoms with Gasteiger partial charge in [0.2, 0.25) is 0 Å². The van der Waals surface area contributed by atoms with Crippen molar-refractivity contribution in [2.24, 2.45) is 5.16 Å². The van der Waals surface area contributed by atoms with Crippen molar-refractivity contribution in [3.05, 3.63) is 59.0 Å². The summed E-state index contributed by atoms with van der Waals surface area (Å²) in [6, 6.07) is 10.1. The van der Waals surface area contributed by atoms with Gasteiger partial charge in [0.15, 0.2) is 0 Å². The summed E-state index contributed by atoms with van der Waals surface area (Å²) in [5.41, 5.74) is 4.29. The minimum Gasteiger partial charge on any atom is -0.411 e. The van der Waals surface area contributed by atoms with Gasteiger partial charge in [-0.1, -0.05) is 17.3 Å². The number of rotatable bonds is 6. The first-order valence-electron chi connectivity index (χ1n) is 9.84. The van der Waals surface area contributed by atoms with Gasteiger partial charge in [-0.05, 0) is 38.0 Å². The third-order valence-electron chi connectivity index (χ3n) is 5.58. The lowest BCUT2D eigenvalue weighted by Crippen LogP contribution is -2.25. The number of fused-ring (bicyclic) bond motifs is 2. The molecule has 3 heterocycles. The number of aromatic nitrogens is 5. The van der Waals surface area contributed by atoms with Gasteiger partial charge in [-0.3, -0.25) is 14.1 Å². The lowest BCUT2D eigenvalue weighted by molar-refractivity contribution is 0.317. The molecule has 1 N–H and O–H groups in total. The summed E-state index contributed by atoms with van der Waals surface area (Å²) in [6.07, 6.45) is 6.17. The van der Waals surface area contributed by atoms with Crippen LogP contribution in [0.4, 0.5) is 0 Å². The summed E-state index contributed by atoms with van der Waals surface area (Å²) in [5.74, 6) is 0.803. The van der Waals surface area contributed by atoms with E-state index in [1.165, 1.54) is 0 Å². The molecule has 0 atom stereocenters. The Morgan fingerprint density at radius 2 is 2.00 bits per heavy atom. The predicted octanol–water partition coefficient (Wildman–Crippen LogP) is 3.17. The Labute approximate surface area is 166 Å². The summed E-state index contributed by atoms with van der Waals surface area (Å²) in [6.45, 7) is 2.78. The number of nitrogens with zero attached hydrogens (tertiary/aromatic N) is 6. The molecule has 0 aliphatic heterocycles. The van der Waals surface area contributed by atoms with E-state index in [0.29, 0.717) is 25.2 Å². The topological polar surface area (TPSA) is 90.2 Å². The Morgan fingerprint density at radius 1 is 1.17 bits per heavy atom. The van der Waals surface area contributed by atoms with Crippen molar-refractivity contribution in [2.45, 2.75) is 45.3 Å². The number of benzene rings is 1. The van der Waals surface area contributed by atoms with E-state index in [2.05, 4.69) is 14.7 Å². The van der Waals surface area contributed by atoms with Gasteiger partial charge in [0.1, 0.15) is 5.82 Å². The molecule has 0 amide bonds. The lowest BCUT2D eigenvalue weighted by atomic mass is 10.2. The van der Waals surface area contributed by atoms with Crippen LogP contribution in [0.15, 0.2) is 52.7 Å². The number of hydrogen-bond donors (Lipinski definition) is 1. The van der Waals surface area contributed by atoms with Crippen molar-refractivity contribution >= 4 is 27.8 Å². The molecular weight excluding hydrogens is 368 g/mol. The van der Waals surface area contributed by atoms with Crippen LogP contribution in [0.2, 0.25) is 0 Å². The average Bonchev–Trinajstić information content (AvgIpc) is 3.46. The normalized spacial score (nSPS) is 14.9. The average molecular weight is 390 g/mol. The number of oxime groups is 1. The summed E-state index contributed by atoms with van der Waals surface area (Å²) >= 11 is 0. The number of hydrogen-bond acceptors (Lipinski definition) is 5. The summed E-state index contributed by atoms with van der Waals surface area (Å²) in [5, 5.41) is 12.3. The SMILES string of the molecule is C/C(CCn1c(Cn2c(=O)n(C3CC3)c3ccncc32)nc2ccccc21)=N\O. The van der Waals surface area contributed by atoms with Gasteiger partial charge in [-0.25, -0.2) is 9.78 Å². The van der Waals surface area contributed by atoms with E-state index in [4.69, 9.17) is 10.2 Å². The first-order chi connectivity index (χ1) is 14.2. The van der Waals surface area contributed by atoms with E-state index in [-0.39, 0.29) is 11.7 Å². The van der Waals surface area contributed by atoms with Crippen LogP contribution in [0, 0.1) is 0 Å². The number of imidazole rings is 2. The van der Waals surface area contributed by atoms with Crippen LogP contribution in [0.1, 0.15) is 38.1 Å². The van der Waals surface area contributed by atoms with Crippen molar-refractivity contribution in [1.82, 2.24) is 23.7 Å². The molecule has 0 saturated heterocycles. The van der Waals surface area contributed by atoms with Crippen LogP contribution in [0.25, 0.3) is 22.1 Å². The molecule has 0 unspecified atom stereocenters. The van der Waals surface area contributed by atoms with Crippen LogP contribution < -0.4 is 5.69 Å². The highest BCUT2D eigenvalue weighted by Gasteiger charge is 2.29. The van der Waals surface area contributed by atoms with Gasteiger partial charge in [-0.15, -0.1) is 0 Å². The molecule has 148 valence electrons. The zero-order valence-electron chi connectivity index (χ0n) is 16.2. The Hall–Kier alpha value is -3.42. The zero-order valence-corrected chi connectivity index (χ0v) is 16.2. The largest absolute Gasteiger partial charge is 0.411 e. The van der Waals surface area contributed by atoms with Gasteiger partial charge in [-0.2, -0.15) is 0 Å². The fourth-order valence-electron chi connectivity index (χ4n) is 3.93. The molecule has 1 saturated carbocycles. The molecular formula is C21H22N6O2. The van der Waals surface area contributed by atoms with Crippen LogP contribution in [-0.4, -0.2) is 34.6 Å². The van der Waals surface area contributed by atoms with E-state index in [0.717, 1.165) is 40.7 Å². The van der Waals surface area contributed by atoms with Crippen molar-refractivity contribution < 1.29 is 5.21 Å². The molecule has 0 bridgehead atoms. The smallest absolute Gasteiger partial charge is 0.329 e. The molecule has 1 aromatic carbocycles. The quantitative estimate of drug-likeness (QED) is 0.311. The summed E-state index contributed by atoms with van der Waals surface area (Å²) < 4.78 is 5.77. The second-order valence-corrected chi connectivity index (χ2v) is 7.59. The van der Waals surface area contributed by atoms with Crippen molar-refractivity contribution in [1.29, 1.82) is 0 Å². The van der Waals surface area contributed by atoms with Gasteiger partial charge in [0, 0.05) is 25.2 Å². The molecule has 8 heteroatoms. The van der Waals surface area contributed by atoms with Crippen LogP contribution in [0.3, 0.4) is 0 Å². The summed E-state index contributed by atoms with van der Waals surface area (Å²) in [7, 11) is 0. The molecule has 1 aliphatic carbocycles. The van der Waals surface area contributed by atoms with E-state index in [1.807, 2.05) is 34.9 Å². The number of aryl methyl sites for hydroxylation is 1. The molecule has 0 radical (unpaired) electrons. The molecule has 5 rings (SSSR count). The minimum atomic E-state index is -0.0118. The molecule has 4 aromatic rings. The Morgan fingerprint density at radius 3 is 2.79 bits per heavy atom. The summed E-state index contributed by atoms with van der Waals surface area (Å²) in [4.78, 5) is 22.3. The zero-order chi connectivity index (χ0) is 20.0. The second-order valence-electron chi connectivity index (χ2n) is 7.59. The fourth-order valence-corrected chi connectivity index (χ4v) is 3.93. The monoisotopic (exact) mass is 390 g/mol. The van der Waals surface area contributed by atoms with Crippen molar-refractivity contribution in [2.75, 3.05) is 0 Å². The molecule has 1 fully saturated rings. The standard InChI is InChI=1S/C21H22N6O2/c1-14(24-29)9-11-25-17-5-3-2-4-16(17)23-20(25)13-26-19-12-22-10-8-18(19)27(21(26)28)15-6-7-15/h2-5,8,10,12,15,29H,6-7,9,11,13H2,1H3/b24-14+. The first kappa shape index (κ1) is 17.7. The van der Waals surface area contributed by atoms with E-state index in [9.17, 15) is 4.79 Å². The number of para-hydroxylation sites is 2. The maximum Gasteiger partial charge on any atom is 0.329 e. The van der Waals surface area contributed by atoms with Crippen LogP contribution in [-0.2, 0) is 13.1 Å². The second kappa shape index (κ2) is 6.88. The van der Waals surface area contributed by atoms with Gasteiger partial charge in [0.25, 0.3) is 0 Å². The first-order valence-corrected chi connectivity index (χ1v) is 9.84. The van der Waals surface area contributed by atoms with Crippen molar-refractivity contribution in [3.63, 3.8) is 0 Å². The number of pyridine rings is 1. The minimum absolute atomic E-state index is 0.0118. The molecule has 0 spiro atoms. The fraction of sp³-hybridized carbons (Fsp3) is 0.333. The predicted molar refractivity (Wildman–Crippen MR) is 111 cm³/mol. The Bertz CT molecular complexity index is 1290. The molecule has 1 aliphatic rings. The molecule has 3 aromatic heterocycles. The third-order valence-corrected chi connectivity index (χ3v) is 5.58. The molecule has 8 nitrogen and oxygen atoms in total. The van der Waals surface area contributed by atoms with E-state index >= 15 is 0 Å². The van der Waals surface area contributed by atoms with E-state index < -0.39 is 0 Å². The van der Waals surface area contributed by atoms with Gasteiger partial charge < -0.3 is 9.77 Å². The highest BCUT2D eigenvalue weighted by molar-refractivity contribution is 5.81. The van der Waals surface area contributed by atoms with Crippen molar-refractivity contribution in [3.8, 4) is 0 Å². The Kier molecular flexibility index (Phi) is 4.19. The third kappa shape index (κ3) is 3.00. The Balaban J connectivity index is 1.62. The highest BCUT2D eigenvalue weighted by Crippen LogP contribution is 2.36. The maximum atomic E-state index is 13.2. The van der Waals surface area contributed by atoms with Crippen LogP contribution >= 0.6 is 0 Å². The van der Waals surface area contributed by atoms with E-state index in [1.54, 1.807) is 23.9 Å².